The molecule has 0 atom stereocenters. The summed E-state index contributed by atoms with van der Waals surface area (Å²) in [6.07, 6.45) is 0. The van der Waals surface area contributed by atoms with Gasteiger partial charge in [0.1, 0.15) is 11.6 Å². The maximum absolute atomic E-state index is 13.0. The molecule has 0 aliphatic rings. The lowest BCUT2D eigenvalue weighted by molar-refractivity contribution is 0.340. The zero-order chi connectivity index (χ0) is 13.7. The fourth-order valence-corrected chi connectivity index (χ4v) is 2.19. The average Bonchev–Trinajstić information content (AvgIpc) is 2.40. The van der Waals surface area contributed by atoms with Crippen LogP contribution < -0.4 is 10.1 Å². The van der Waals surface area contributed by atoms with Gasteiger partial charge in [-0.25, -0.2) is 4.39 Å². The zero-order valence-electron chi connectivity index (χ0n) is 10.6. The van der Waals surface area contributed by atoms with Gasteiger partial charge in [-0.3, -0.25) is 0 Å². The zero-order valence-corrected chi connectivity index (χ0v) is 12.2. The van der Waals surface area contributed by atoms with Gasteiger partial charge >= 0.3 is 0 Å². The van der Waals surface area contributed by atoms with Gasteiger partial charge in [0, 0.05) is 16.7 Å². The number of benzene rings is 2. The first kappa shape index (κ1) is 13.9. The lowest BCUT2D eigenvalue weighted by Gasteiger charge is -2.09. The van der Waals surface area contributed by atoms with Crippen LogP contribution in [0.5, 0.6) is 5.75 Å². The van der Waals surface area contributed by atoms with E-state index in [-0.39, 0.29) is 5.82 Å². The van der Waals surface area contributed by atoms with Gasteiger partial charge in [-0.15, -0.1) is 0 Å². The second-order valence-corrected chi connectivity index (χ2v) is 4.91. The Hall–Kier alpha value is -1.55. The molecule has 0 bridgehead atoms. The third-order valence-electron chi connectivity index (χ3n) is 2.65. The quantitative estimate of drug-likeness (QED) is 0.868. The Morgan fingerprint density at radius 1 is 1.16 bits per heavy atom. The summed E-state index contributed by atoms with van der Waals surface area (Å²) in [5, 5.41) is 3.25. The van der Waals surface area contributed by atoms with Gasteiger partial charge in [0.05, 0.1) is 6.61 Å². The minimum atomic E-state index is -0.251. The van der Waals surface area contributed by atoms with Crippen LogP contribution in [0.2, 0.25) is 0 Å². The summed E-state index contributed by atoms with van der Waals surface area (Å²) in [7, 11) is 0. The number of rotatable bonds is 5. The summed E-state index contributed by atoms with van der Waals surface area (Å²) in [5.41, 5.74) is 2.01. The van der Waals surface area contributed by atoms with Crippen molar-refractivity contribution in [1.82, 2.24) is 0 Å². The summed E-state index contributed by atoms with van der Waals surface area (Å²) in [4.78, 5) is 0. The lowest BCUT2D eigenvalue weighted by Crippen LogP contribution is -2.00. The molecule has 2 aromatic rings. The van der Waals surface area contributed by atoms with Gasteiger partial charge < -0.3 is 10.1 Å². The molecular formula is C15H15BrFNO. The molecule has 0 aliphatic heterocycles. The topological polar surface area (TPSA) is 21.3 Å². The molecule has 4 heteroatoms. The standard InChI is InChI=1S/C15H15BrFNO/c1-2-19-13-6-3-11(4-7-13)10-18-15-8-5-12(17)9-14(15)16/h3-9,18H,2,10H2,1H3. The number of nitrogens with one attached hydrogen (secondary N) is 1. The summed E-state index contributed by atoms with van der Waals surface area (Å²) in [6.45, 7) is 3.30. The van der Waals surface area contributed by atoms with Gasteiger partial charge in [-0.05, 0) is 58.7 Å². The van der Waals surface area contributed by atoms with E-state index >= 15 is 0 Å². The van der Waals surface area contributed by atoms with Crippen LogP contribution in [-0.2, 0) is 6.54 Å². The minimum absolute atomic E-state index is 0.251. The van der Waals surface area contributed by atoms with Crippen molar-refractivity contribution in [3.05, 3.63) is 58.3 Å². The average molecular weight is 324 g/mol. The highest BCUT2D eigenvalue weighted by Crippen LogP contribution is 2.23. The van der Waals surface area contributed by atoms with Crippen molar-refractivity contribution >= 4 is 21.6 Å². The van der Waals surface area contributed by atoms with Crippen LogP contribution in [0, 0.1) is 5.82 Å². The SMILES string of the molecule is CCOc1ccc(CNc2ccc(F)cc2Br)cc1. The molecule has 1 N–H and O–H groups in total. The smallest absolute Gasteiger partial charge is 0.124 e. The van der Waals surface area contributed by atoms with Crippen molar-refractivity contribution in [3.8, 4) is 5.75 Å². The molecule has 0 aromatic heterocycles. The molecule has 100 valence electrons. The van der Waals surface area contributed by atoms with Crippen LogP contribution in [0.15, 0.2) is 46.9 Å². The van der Waals surface area contributed by atoms with Gasteiger partial charge in [-0.1, -0.05) is 12.1 Å². The Kier molecular flexibility index (Phi) is 4.80. The first-order valence-corrected chi connectivity index (χ1v) is 6.89. The van der Waals surface area contributed by atoms with Gasteiger partial charge in [0.25, 0.3) is 0 Å². The fraction of sp³-hybridized carbons (Fsp3) is 0.200. The molecule has 0 fully saturated rings. The van der Waals surface area contributed by atoms with Crippen LogP contribution in [0.3, 0.4) is 0 Å². The van der Waals surface area contributed by atoms with Crippen LogP contribution >= 0.6 is 15.9 Å². The van der Waals surface area contributed by atoms with E-state index in [2.05, 4.69) is 21.2 Å². The Labute approximate surface area is 120 Å². The van der Waals surface area contributed by atoms with Gasteiger partial charge in [0.15, 0.2) is 0 Å². The van der Waals surface area contributed by atoms with Gasteiger partial charge in [-0.2, -0.15) is 0 Å². The van der Waals surface area contributed by atoms with E-state index in [1.807, 2.05) is 31.2 Å². The van der Waals surface area contributed by atoms with E-state index in [9.17, 15) is 4.39 Å². The molecule has 0 saturated heterocycles. The highest BCUT2D eigenvalue weighted by molar-refractivity contribution is 9.10. The second-order valence-electron chi connectivity index (χ2n) is 4.05. The molecule has 0 saturated carbocycles. The maximum Gasteiger partial charge on any atom is 0.124 e. The molecule has 2 rings (SSSR count). The van der Waals surface area contributed by atoms with Gasteiger partial charge in [0.2, 0.25) is 0 Å². The molecule has 0 amide bonds. The molecular weight excluding hydrogens is 309 g/mol. The van der Waals surface area contributed by atoms with Crippen molar-refractivity contribution in [2.24, 2.45) is 0 Å². The predicted octanol–water partition coefficient (Wildman–Crippen LogP) is 4.60. The second kappa shape index (κ2) is 6.57. The number of hydrogen-bond acceptors (Lipinski definition) is 2. The number of hydrogen-bond donors (Lipinski definition) is 1. The molecule has 19 heavy (non-hydrogen) atoms. The van der Waals surface area contributed by atoms with E-state index < -0.39 is 0 Å². The van der Waals surface area contributed by atoms with E-state index in [0.717, 1.165) is 21.5 Å². The highest BCUT2D eigenvalue weighted by Gasteiger charge is 2.01. The summed E-state index contributed by atoms with van der Waals surface area (Å²) in [5.74, 6) is 0.618. The molecule has 0 spiro atoms. The number of anilines is 1. The lowest BCUT2D eigenvalue weighted by atomic mass is 10.2. The van der Waals surface area contributed by atoms with Crippen LogP contribution in [0.4, 0.5) is 10.1 Å². The molecule has 0 aliphatic carbocycles. The first-order valence-electron chi connectivity index (χ1n) is 6.09. The summed E-state index contributed by atoms with van der Waals surface area (Å²) in [6, 6.07) is 12.5. The largest absolute Gasteiger partial charge is 0.494 e. The number of halogens is 2. The molecule has 0 radical (unpaired) electrons. The Morgan fingerprint density at radius 3 is 2.53 bits per heavy atom. The van der Waals surface area contributed by atoms with Crippen LogP contribution in [0.25, 0.3) is 0 Å². The van der Waals surface area contributed by atoms with E-state index in [1.54, 1.807) is 6.07 Å². The summed E-state index contributed by atoms with van der Waals surface area (Å²) >= 11 is 3.33. The maximum atomic E-state index is 13.0. The minimum Gasteiger partial charge on any atom is -0.494 e. The monoisotopic (exact) mass is 323 g/mol. The fourth-order valence-electron chi connectivity index (χ4n) is 1.70. The van der Waals surface area contributed by atoms with E-state index in [1.165, 1.54) is 12.1 Å². The Bertz CT molecular complexity index is 542. The third-order valence-corrected chi connectivity index (χ3v) is 3.30. The van der Waals surface area contributed by atoms with E-state index in [4.69, 9.17) is 4.74 Å². The Balaban J connectivity index is 1.98. The molecule has 2 aromatic carbocycles. The van der Waals surface area contributed by atoms with Crippen LogP contribution in [-0.4, -0.2) is 6.61 Å². The Morgan fingerprint density at radius 2 is 1.89 bits per heavy atom. The molecule has 2 nitrogen and oxygen atoms in total. The first-order chi connectivity index (χ1) is 9.19. The normalized spacial score (nSPS) is 10.3. The van der Waals surface area contributed by atoms with Crippen molar-refractivity contribution in [1.29, 1.82) is 0 Å². The summed E-state index contributed by atoms with van der Waals surface area (Å²) < 4.78 is 19.1. The van der Waals surface area contributed by atoms with E-state index in [0.29, 0.717) is 13.2 Å². The number of ether oxygens (including phenoxy) is 1. The molecule has 0 heterocycles. The van der Waals surface area contributed by atoms with Crippen molar-refractivity contribution in [2.75, 3.05) is 11.9 Å². The van der Waals surface area contributed by atoms with Crippen molar-refractivity contribution < 1.29 is 9.13 Å². The molecule has 0 unspecified atom stereocenters. The van der Waals surface area contributed by atoms with Crippen molar-refractivity contribution in [2.45, 2.75) is 13.5 Å². The predicted molar refractivity (Wildman–Crippen MR) is 79.0 cm³/mol. The third kappa shape index (κ3) is 3.96. The van der Waals surface area contributed by atoms with Crippen LogP contribution in [0.1, 0.15) is 12.5 Å². The highest BCUT2D eigenvalue weighted by atomic mass is 79.9. The van der Waals surface area contributed by atoms with Crippen molar-refractivity contribution in [3.63, 3.8) is 0 Å².